The van der Waals surface area contributed by atoms with Crippen LogP contribution >= 0.6 is 0 Å². The van der Waals surface area contributed by atoms with Crippen molar-refractivity contribution < 1.29 is 9.53 Å². The molecule has 0 atom stereocenters. The molecule has 0 saturated carbocycles. The zero-order chi connectivity index (χ0) is 11.4. The molecule has 2 N–H and O–H groups in total. The summed E-state index contributed by atoms with van der Waals surface area (Å²) in [6.07, 6.45) is 3.09. The molecular formula is C12H15NO2. The topological polar surface area (TPSA) is 52.3 Å². The highest BCUT2D eigenvalue weighted by Gasteiger charge is 2.02. The summed E-state index contributed by atoms with van der Waals surface area (Å²) in [6.45, 7) is 3.94. The minimum atomic E-state index is -0.440. The summed E-state index contributed by atoms with van der Waals surface area (Å²) in [5, 5.41) is 0. The van der Waals surface area contributed by atoms with Crippen LogP contribution in [0.4, 0.5) is 0 Å². The number of carbonyl (C=O) groups excluding carboxylic acids is 1. The number of amides is 1. The molecule has 1 rings (SSSR count). The molecule has 1 aromatic carbocycles. The SMILES string of the molecule is COc1cc(C)c(C=CC(N)=O)c(C)c1. The largest absolute Gasteiger partial charge is 0.497 e. The zero-order valence-electron chi connectivity index (χ0n) is 9.20. The van der Waals surface area contributed by atoms with E-state index in [-0.39, 0.29) is 0 Å². The maximum atomic E-state index is 10.6. The number of methoxy groups -OCH3 is 1. The first-order valence-corrected chi connectivity index (χ1v) is 4.67. The summed E-state index contributed by atoms with van der Waals surface area (Å²) in [7, 11) is 1.63. The van der Waals surface area contributed by atoms with Crippen LogP contribution in [0.5, 0.6) is 5.75 Å². The van der Waals surface area contributed by atoms with E-state index in [1.807, 2.05) is 26.0 Å². The van der Waals surface area contributed by atoms with Crippen molar-refractivity contribution in [2.45, 2.75) is 13.8 Å². The van der Waals surface area contributed by atoms with Crippen molar-refractivity contribution in [3.8, 4) is 5.75 Å². The fraction of sp³-hybridized carbons (Fsp3) is 0.250. The molecule has 0 saturated heterocycles. The maximum Gasteiger partial charge on any atom is 0.241 e. The molecule has 0 heterocycles. The van der Waals surface area contributed by atoms with Crippen LogP contribution in [0.1, 0.15) is 16.7 Å². The van der Waals surface area contributed by atoms with Crippen molar-refractivity contribution in [2.24, 2.45) is 5.73 Å². The van der Waals surface area contributed by atoms with Crippen LogP contribution in [0.2, 0.25) is 0 Å². The number of primary amides is 1. The van der Waals surface area contributed by atoms with Crippen LogP contribution in [0.25, 0.3) is 6.08 Å². The predicted octanol–water partition coefficient (Wildman–Crippen LogP) is 1.81. The van der Waals surface area contributed by atoms with Gasteiger partial charge in [-0.3, -0.25) is 4.79 Å². The Balaban J connectivity index is 3.14. The molecule has 3 nitrogen and oxygen atoms in total. The first-order valence-electron chi connectivity index (χ1n) is 4.67. The van der Waals surface area contributed by atoms with Gasteiger partial charge in [0.25, 0.3) is 0 Å². The lowest BCUT2D eigenvalue weighted by atomic mass is 10.0. The highest BCUT2D eigenvalue weighted by molar-refractivity contribution is 5.90. The van der Waals surface area contributed by atoms with Gasteiger partial charge in [0.2, 0.25) is 5.91 Å². The first kappa shape index (κ1) is 11.3. The Kier molecular flexibility index (Phi) is 3.50. The van der Waals surface area contributed by atoms with E-state index in [1.54, 1.807) is 13.2 Å². The van der Waals surface area contributed by atoms with E-state index in [2.05, 4.69) is 0 Å². The van der Waals surface area contributed by atoms with Gasteiger partial charge in [0, 0.05) is 6.08 Å². The van der Waals surface area contributed by atoms with E-state index in [9.17, 15) is 4.79 Å². The molecule has 0 fully saturated rings. The summed E-state index contributed by atoms with van der Waals surface area (Å²) in [5.74, 6) is 0.380. The third-order valence-electron chi connectivity index (χ3n) is 2.22. The molecule has 0 aromatic heterocycles. The number of ether oxygens (including phenoxy) is 1. The van der Waals surface area contributed by atoms with Crippen LogP contribution in [0, 0.1) is 13.8 Å². The lowest BCUT2D eigenvalue weighted by Gasteiger charge is -2.08. The number of hydrogen-bond acceptors (Lipinski definition) is 2. The van der Waals surface area contributed by atoms with Gasteiger partial charge in [-0.1, -0.05) is 0 Å². The molecule has 0 aliphatic rings. The van der Waals surface area contributed by atoms with Gasteiger partial charge in [0.15, 0.2) is 0 Å². The molecule has 0 radical (unpaired) electrons. The summed E-state index contributed by atoms with van der Waals surface area (Å²) >= 11 is 0. The van der Waals surface area contributed by atoms with E-state index in [4.69, 9.17) is 10.5 Å². The number of benzene rings is 1. The molecule has 0 aliphatic carbocycles. The van der Waals surface area contributed by atoms with Gasteiger partial charge in [0.1, 0.15) is 5.75 Å². The van der Waals surface area contributed by atoms with Crippen molar-refractivity contribution in [1.29, 1.82) is 0 Å². The van der Waals surface area contributed by atoms with Gasteiger partial charge < -0.3 is 10.5 Å². The van der Waals surface area contributed by atoms with Crippen LogP contribution in [0.3, 0.4) is 0 Å². The highest BCUT2D eigenvalue weighted by Crippen LogP contribution is 2.22. The second-order valence-corrected chi connectivity index (χ2v) is 3.41. The van der Waals surface area contributed by atoms with E-state index >= 15 is 0 Å². The molecule has 0 aliphatic heterocycles. The Morgan fingerprint density at radius 1 is 1.33 bits per heavy atom. The van der Waals surface area contributed by atoms with Crippen LogP contribution in [-0.2, 0) is 4.79 Å². The van der Waals surface area contributed by atoms with Crippen molar-refractivity contribution in [3.63, 3.8) is 0 Å². The van der Waals surface area contributed by atoms with Gasteiger partial charge in [-0.05, 0) is 48.7 Å². The second kappa shape index (κ2) is 4.64. The second-order valence-electron chi connectivity index (χ2n) is 3.41. The number of carbonyl (C=O) groups is 1. The standard InChI is InChI=1S/C12H15NO2/c1-8-6-10(15-3)7-9(2)11(8)4-5-12(13)14/h4-7H,1-3H3,(H2,13,14). The monoisotopic (exact) mass is 205 g/mol. The Hall–Kier alpha value is -1.77. The summed E-state index contributed by atoms with van der Waals surface area (Å²) in [5.41, 5.74) is 8.17. The van der Waals surface area contributed by atoms with Gasteiger partial charge in [-0.2, -0.15) is 0 Å². The third kappa shape index (κ3) is 2.84. The quantitative estimate of drug-likeness (QED) is 0.765. The molecule has 0 bridgehead atoms. The summed E-state index contributed by atoms with van der Waals surface area (Å²) in [6, 6.07) is 3.85. The smallest absolute Gasteiger partial charge is 0.241 e. The number of rotatable bonds is 3. The Labute approximate surface area is 89.5 Å². The zero-order valence-corrected chi connectivity index (χ0v) is 9.20. The van der Waals surface area contributed by atoms with Gasteiger partial charge in [-0.25, -0.2) is 0 Å². The minimum Gasteiger partial charge on any atom is -0.497 e. The predicted molar refractivity (Wildman–Crippen MR) is 60.7 cm³/mol. The Morgan fingerprint density at radius 2 is 1.87 bits per heavy atom. The molecule has 0 spiro atoms. The van der Waals surface area contributed by atoms with Gasteiger partial charge in [0.05, 0.1) is 7.11 Å². The lowest BCUT2D eigenvalue weighted by Crippen LogP contribution is -2.05. The average molecular weight is 205 g/mol. The van der Waals surface area contributed by atoms with Crippen molar-refractivity contribution in [2.75, 3.05) is 7.11 Å². The fourth-order valence-corrected chi connectivity index (χ4v) is 1.48. The van der Waals surface area contributed by atoms with Crippen LogP contribution in [-0.4, -0.2) is 13.0 Å². The van der Waals surface area contributed by atoms with Gasteiger partial charge >= 0.3 is 0 Å². The maximum absolute atomic E-state index is 10.6. The van der Waals surface area contributed by atoms with E-state index in [1.165, 1.54) is 6.08 Å². The van der Waals surface area contributed by atoms with E-state index in [0.717, 1.165) is 22.4 Å². The number of nitrogens with two attached hydrogens (primary N) is 1. The fourth-order valence-electron chi connectivity index (χ4n) is 1.48. The van der Waals surface area contributed by atoms with Crippen LogP contribution < -0.4 is 10.5 Å². The van der Waals surface area contributed by atoms with Crippen molar-refractivity contribution in [3.05, 3.63) is 34.9 Å². The highest BCUT2D eigenvalue weighted by atomic mass is 16.5. The molecule has 0 unspecified atom stereocenters. The van der Waals surface area contributed by atoms with Gasteiger partial charge in [-0.15, -0.1) is 0 Å². The first-order chi connectivity index (χ1) is 7.04. The Morgan fingerprint density at radius 3 is 2.27 bits per heavy atom. The molecular weight excluding hydrogens is 190 g/mol. The summed E-state index contributed by atoms with van der Waals surface area (Å²) in [4.78, 5) is 10.6. The average Bonchev–Trinajstić information content (AvgIpc) is 2.15. The van der Waals surface area contributed by atoms with Crippen molar-refractivity contribution in [1.82, 2.24) is 0 Å². The summed E-state index contributed by atoms with van der Waals surface area (Å²) < 4.78 is 5.14. The van der Waals surface area contributed by atoms with Crippen molar-refractivity contribution >= 4 is 12.0 Å². The normalized spacial score (nSPS) is 10.6. The molecule has 80 valence electrons. The minimum absolute atomic E-state index is 0.440. The molecule has 1 amide bonds. The number of aryl methyl sites for hydroxylation is 2. The molecule has 15 heavy (non-hydrogen) atoms. The Bertz CT molecular complexity index is 385. The molecule has 1 aromatic rings. The molecule has 3 heteroatoms. The third-order valence-corrected chi connectivity index (χ3v) is 2.22. The van der Waals surface area contributed by atoms with E-state index < -0.39 is 5.91 Å². The lowest BCUT2D eigenvalue weighted by molar-refractivity contribution is -0.113. The van der Waals surface area contributed by atoms with Crippen LogP contribution in [0.15, 0.2) is 18.2 Å². The van der Waals surface area contributed by atoms with E-state index in [0.29, 0.717) is 0 Å². The number of hydrogen-bond donors (Lipinski definition) is 1.